The number of nitrogens with one attached hydrogen (secondary N) is 1. The first kappa shape index (κ1) is 18.7. The van der Waals surface area contributed by atoms with Gasteiger partial charge in [-0.2, -0.15) is 5.26 Å². The van der Waals surface area contributed by atoms with Crippen molar-refractivity contribution >= 4 is 29.1 Å². The zero-order chi connectivity index (χ0) is 18.6. The van der Waals surface area contributed by atoms with Crippen LogP contribution in [0.25, 0.3) is 0 Å². The smallest absolute Gasteiger partial charge is 0.234 e. The van der Waals surface area contributed by atoms with Gasteiger partial charge >= 0.3 is 0 Å². The predicted molar refractivity (Wildman–Crippen MR) is 99.0 cm³/mol. The minimum absolute atomic E-state index is 0.132. The molecule has 0 aliphatic carbocycles. The number of hydrogen-bond donors (Lipinski definition) is 1. The number of Topliss-reactive ketones (excluding diaryl/α,β-unsaturated/α-hetero) is 1. The van der Waals surface area contributed by atoms with Gasteiger partial charge < -0.3 is 5.32 Å². The monoisotopic (exact) mass is 353 g/mol. The Kier molecular flexibility index (Phi) is 5.94. The van der Waals surface area contributed by atoms with E-state index in [0.29, 0.717) is 21.8 Å². The summed E-state index contributed by atoms with van der Waals surface area (Å²) in [6, 6.07) is 9.42. The number of aryl methyl sites for hydroxylation is 3. The molecule has 0 spiro atoms. The molecule has 0 saturated carbocycles. The average Bonchev–Trinajstić information content (AvgIpc) is 2.51. The Labute approximate surface area is 151 Å². The van der Waals surface area contributed by atoms with Crippen molar-refractivity contribution in [2.75, 3.05) is 11.1 Å². The van der Waals surface area contributed by atoms with Crippen LogP contribution in [0.2, 0.25) is 0 Å². The summed E-state index contributed by atoms with van der Waals surface area (Å²) in [5.74, 6) is -0.173. The predicted octanol–water partition coefficient (Wildman–Crippen LogP) is 3.81. The van der Waals surface area contributed by atoms with Crippen molar-refractivity contribution < 1.29 is 9.59 Å². The molecule has 0 atom stereocenters. The zero-order valence-electron chi connectivity index (χ0n) is 14.6. The molecule has 0 unspecified atom stereocenters. The zero-order valence-corrected chi connectivity index (χ0v) is 15.5. The van der Waals surface area contributed by atoms with Crippen LogP contribution in [0, 0.1) is 32.1 Å². The van der Waals surface area contributed by atoms with Gasteiger partial charge in [-0.05, 0) is 57.0 Å². The van der Waals surface area contributed by atoms with Gasteiger partial charge in [0.15, 0.2) is 5.78 Å². The average molecular weight is 353 g/mol. The summed E-state index contributed by atoms with van der Waals surface area (Å²) in [6.45, 7) is 7.10. The second kappa shape index (κ2) is 7.95. The van der Waals surface area contributed by atoms with E-state index in [4.69, 9.17) is 0 Å². The maximum absolute atomic E-state index is 12.2. The molecule has 1 aromatic heterocycles. The van der Waals surface area contributed by atoms with Gasteiger partial charge in [0.25, 0.3) is 0 Å². The normalized spacial score (nSPS) is 10.2. The molecule has 0 radical (unpaired) electrons. The van der Waals surface area contributed by atoms with Crippen molar-refractivity contribution in [3.63, 3.8) is 0 Å². The third-order valence-corrected chi connectivity index (χ3v) is 4.51. The second-order valence-corrected chi connectivity index (χ2v) is 6.82. The van der Waals surface area contributed by atoms with Crippen LogP contribution >= 0.6 is 11.8 Å². The van der Waals surface area contributed by atoms with Gasteiger partial charge in [-0.25, -0.2) is 4.98 Å². The number of carbonyl (C=O) groups is 2. The van der Waals surface area contributed by atoms with Crippen LogP contribution in [0.4, 0.5) is 5.69 Å². The Morgan fingerprint density at radius 3 is 2.36 bits per heavy atom. The number of aromatic nitrogens is 1. The largest absolute Gasteiger partial charge is 0.325 e. The number of carbonyl (C=O) groups excluding carboxylic acids is 2. The molecule has 0 fully saturated rings. The molecule has 1 amide bonds. The molecule has 5 nitrogen and oxygen atoms in total. The van der Waals surface area contributed by atoms with Crippen LogP contribution in [0.15, 0.2) is 29.3 Å². The molecule has 2 rings (SSSR count). The lowest BCUT2D eigenvalue weighted by molar-refractivity contribution is -0.113. The van der Waals surface area contributed by atoms with Gasteiger partial charge in [0.2, 0.25) is 5.91 Å². The lowest BCUT2D eigenvalue weighted by Crippen LogP contribution is -2.14. The van der Waals surface area contributed by atoms with Gasteiger partial charge in [-0.1, -0.05) is 17.8 Å². The standard InChI is InChI=1S/C19H19N3O2S/c1-11-5-12(2)7-16(6-11)22-18(24)10-25-19-15(9-20)8-17(14(4)23)13(3)21-19/h5-8H,10H2,1-4H3,(H,22,24). The number of thioether (sulfide) groups is 1. The van der Waals surface area contributed by atoms with E-state index in [-0.39, 0.29) is 17.4 Å². The van der Waals surface area contributed by atoms with Crippen molar-refractivity contribution in [3.8, 4) is 6.07 Å². The first-order chi connectivity index (χ1) is 11.8. The van der Waals surface area contributed by atoms with Crippen molar-refractivity contribution in [3.05, 3.63) is 52.2 Å². The number of nitrogens with zero attached hydrogens (tertiary/aromatic N) is 2. The molecule has 2 aromatic rings. The van der Waals surface area contributed by atoms with Crippen LogP contribution in [-0.4, -0.2) is 22.4 Å². The van der Waals surface area contributed by atoms with E-state index in [0.717, 1.165) is 16.8 Å². The quantitative estimate of drug-likeness (QED) is 0.653. The third-order valence-electron chi connectivity index (χ3n) is 3.52. The number of amides is 1. The Hall–Kier alpha value is -2.65. The fourth-order valence-corrected chi connectivity index (χ4v) is 3.31. The minimum atomic E-state index is -0.172. The topological polar surface area (TPSA) is 82.8 Å². The number of hydrogen-bond acceptors (Lipinski definition) is 5. The molecule has 0 bridgehead atoms. The molecular formula is C19H19N3O2S. The summed E-state index contributed by atoms with van der Waals surface area (Å²) >= 11 is 1.19. The van der Waals surface area contributed by atoms with Crippen LogP contribution < -0.4 is 5.32 Å². The third kappa shape index (κ3) is 4.91. The maximum atomic E-state index is 12.2. The molecular weight excluding hydrogens is 334 g/mol. The molecule has 0 aliphatic rings. The molecule has 0 aliphatic heterocycles. The highest BCUT2D eigenvalue weighted by atomic mass is 32.2. The van der Waals surface area contributed by atoms with E-state index < -0.39 is 0 Å². The SMILES string of the molecule is CC(=O)c1cc(C#N)c(SCC(=O)Nc2cc(C)cc(C)c2)nc1C. The van der Waals surface area contributed by atoms with Crippen molar-refractivity contribution in [1.29, 1.82) is 5.26 Å². The van der Waals surface area contributed by atoms with E-state index in [9.17, 15) is 14.9 Å². The van der Waals surface area contributed by atoms with Gasteiger partial charge in [-0.15, -0.1) is 0 Å². The van der Waals surface area contributed by atoms with Crippen LogP contribution in [-0.2, 0) is 4.79 Å². The van der Waals surface area contributed by atoms with Gasteiger partial charge in [0, 0.05) is 16.9 Å². The summed E-state index contributed by atoms with van der Waals surface area (Å²) in [6.07, 6.45) is 0. The summed E-state index contributed by atoms with van der Waals surface area (Å²) in [4.78, 5) is 28.0. The van der Waals surface area contributed by atoms with Crippen molar-refractivity contribution in [1.82, 2.24) is 4.98 Å². The van der Waals surface area contributed by atoms with E-state index in [1.54, 1.807) is 6.92 Å². The summed E-state index contributed by atoms with van der Waals surface area (Å²) in [5, 5.41) is 12.6. The Balaban J connectivity index is 2.10. The molecule has 128 valence electrons. The molecule has 25 heavy (non-hydrogen) atoms. The first-order valence-electron chi connectivity index (χ1n) is 7.73. The van der Waals surface area contributed by atoms with Crippen LogP contribution in [0.5, 0.6) is 0 Å². The lowest BCUT2D eigenvalue weighted by Gasteiger charge is -2.09. The molecule has 1 heterocycles. The molecule has 0 saturated heterocycles. The van der Waals surface area contributed by atoms with Crippen LogP contribution in [0.3, 0.4) is 0 Å². The number of anilines is 1. The fraction of sp³-hybridized carbons (Fsp3) is 0.263. The number of benzene rings is 1. The number of pyridine rings is 1. The van der Waals surface area contributed by atoms with Gasteiger partial charge in [0.05, 0.1) is 11.3 Å². The van der Waals surface area contributed by atoms with E-state index in [1.165, 1.54) is 24.8 Å². The number of nitriles is 1. The summed E-state index contributed by atoms with van der Waals surface area (Å²) in [7, 11) is 0. The van der Waals surface area contributed by atoms with Crippen LogP contribution in [0.1, 0.15) is 39.7 Å². The minimum Gasteiger partial charge on any atom is -0.325 e. The Morgan fingerprint density at radius 2 is 1.80 bits per heavy atom. The first-order valence-corrected chi connectivity index (χ1v) is 8.72. The molecule has 1 N–H and O–H groups in total. The molecule has 6 heteroatoms. The number of rotatable bonds is 5. The summed E-state index contributed by atoms with van der Waals surface area (Å²) in [5.41, 5.74) is 4.20. The molecule has 1 aromatic carbocycles. The maximum Gasteiger partial charge on any atom is 0.234 e. The highest BCUT2D eigenvalue weighted by Crippen LogP contribution is 2.23. The van der Waals surface area contributed by atoms with E-state index in [2.05, 4.69) is 10.3 Å². The number of ketones is 1. The van der Waals surface area contributed by atoms with Gasteiger partial charge in [0.1, 0.15) is 11.1 Å². The Bertz CT molecular complexity index is 865. The van der Waals surface area contributed by atoms with Crippen molar-refractivity contribution in [2.24, 2.45) is 0 Å². The Morgan fingerprint density at radius 1 is 1.16 bits per heavy atom. The van der Waals surface area contributed by atoms with E-state index in [1.807, 2.05) is 38.1 Å². The second-order valence-electron chi connectivity index (χ2n) is 5.86. The highest BCUT2D eigenvalue weighted by Gasteiger charge is 2.14. The fourth-order valence-electron chi connectivity index (χ4n) is 2.51. The summed E-state index contributed by atoms with van der Waals surface area (Å²) < 4.78 is 0. The lowest BCUT2D eigenvalue weighted by atomic mass is 10.1. The van der Waals surface area contributed by atoms with Crippen molar-refractivity contribution in [2.45, 2.75) is 32.7 Å². The van der Waals surface area contributed by atoms with E-state index >= 15 is 0 Å². The highest BCUT2D eigenvalue weighted by molar-refractivity contribution is 8.00. The van der Waals surface area contributed by atoms with Gasteiger partial charge in [-0.3, -0.25) is 9.59 Å².